The van der Waals surface area contributed by atoms with E-state index in [2.05, 4.69) is 5.32 Å². The Kier molecular flexibility index (Phi) is 7.76. The van der Waals surface area contributed by atoms with Crippen molar-refractivity contribution >= 4 is 28.9 Å². The number of methoxy groups -OCH3 is 1. The van der Waals surface area contributed by atoms with Gasteiger partial charge in [-0.25, -0.2) is 4.79 Å². The number of hydrogen-bond acceptors (Lipinski definition) is 8. The van der Waals surface area contributed by atoms with Crippen molar-refractivity contribution in [2.45, 2.75) is 6.10 Å². The van der Waals surface area contributed by atoms with Gasteiger partial charge in [0.15, 0.2) is 0 Å². The van der Waals surface area contributed by atoms with Crippen molar-refractivity contribution in [1.29, 1.82) is 0 Å². The zero-order valence-corrected chi connectivity index (χ0v) is 19.6. The minimum atomic E-state index is -1.29. The number of nitro groups is 1. The number of nitrogens with one attached hydrogen (secondary N) is 1. The highest BCUT2D eigenvalue weighted by Gasteiger charge is 2.28. The molecule has 1 amide bonds. The van der Waals surface area contributed by atoms with Gasteiger partial charge in [0.05, 0.1) is 30.8 Å². The van der Waals surface area contributed by atoms with Crippen molar-refractivity contribution in [3.05, 3.63) is 94.0 Å². The van der Waals surface area contributed by atoms with Gasteiger partial charge in [-0.2, -0.15) is 0 Å². The van der Waals surface area contributed by atoms with Crippen molar-refractivity contribution in [2.24, 2.45) is 0 Å². The molecule has 1 fully saturated rings. The molecule has 36 heavy (non-hydrogen) atoms. The molecule has 0 spiro atoms. The Morgan fingerprint density at radius 1 is 1.03 bits per heavy atom. The van der Waals surface area contributed by atoms with Crippen LogP contribution in [0.15, 0.2) is 72.8 Å². The summed E-state index contributed by atoms with van der Waals surface area (Å²) in [5.74, 6) is -0.891. The monoisotopic (exact) mass is 491 g/mol. The van der Waals surface area contributed by atoms with Crippen LogP contribution < -0.4 is 15.0 Å². The molecule has 1 aliphatic heterocycles. The molecule has 10 heteroatoms. The van der Waals surface area contributed by atoms with Crippen LogP contribution in [0.5, 0.6) is 5.75 Å². The molecular formula is C26H25N3O7. The second kappa shape index (κ2) is 11.3. The summed E-state index contributed by atoms with van der Waals surface area (Å²) in [5, 5.41) is 14.5. The van der Waals surface area contributed by atoms with Gasteiger partial charge in [0.25, 0.3) is 11.6 Å². The van der Waals surface area contributed by atoms with E-state index in [0.717, 1.165) is 0 Å². The van der Waals surface area contributed by atoms with E-state index >= 15 is 0 Å². The summed E-state index contributed by atoms with van der Waals surface area (Å²) in [7, 11) is 1.51. The van der Waals surface area contributed by atoms with E-state index in [1.165, 1.54) is 25.3 Å². The minimum Gasteiger partial charge on any atom is -0.497 e. The van der Waals surface area contributed by atoms with E-state index in [4.69, 9.17) is 14.2 Å². The molecule has 10 nitrogen and oxygen atoms in total. The van der Waals surface area contributed by atoms with E-state index in [9.17, 15) is 19.7 Å². The fourth-order valence-electron chi connectivity index (χ4n) is 3.85. The molecule has 0 aromatic heterocycles. The Morgan fingerprint density at radius 2 is 1.78 bits per heavy atom. The number of benzene rings is 3. The highest BCUT2D eigenvalue weighted by Crippen LogP contribution is 2.31. The summed E-state index contributed by atoms with van der Waals surface area (Å²) in [4.78, 5) is 39.3. The number of carbonyl (C=O) groups is 2. The third-order valence-corrected chi connectivity index (χ3v) is 5.66. The molecule has 0 radical (unpaired) electrons. The van der Waals surface area contributed by atoms with Crippen LogP contribution in [0.1, 0.15) is 22.0 Å². The van der Waals surface area contributed by atoms with E-state index in [1.807, 2.05) is 4.90 Å². The van der Waals surface area contributed by atoms with E-state index < -0.39 is 22.9 Å². The molecular weight excluding hydrogens is 466 g/mol. The second-order valence-corrected chi connectivity index (χ2v) is 7.98. The van der Waals surface area contributed by atoms with Gasteiger partial charge >= 0.3 is 5.97 Å². The largest absolute Gasteiger partial charge is 0.497 e. The van der Waals surface area contributed by atoms with Crippen molar-refractivity contribution in [3.63, 3.8) is 0 Å². The third-order valence-electron chi connectivity index (χ3n) is 5.66. The molecule has 3 aromatic rings. The number of esters is 1. The van der Waals surface area contributed by atoms with Crippen LogP contribution >= 0.6 is 0 Å². The summed E-state index contributed by atoms with van der Waals surface area (Å²) < 4.78 is 16.1. The number of nitrogens with zero attached hydrogens (tertiary/aromatic N) is 2. The SMILES string of the molecule is COc1cccc(NC(=O)[C@H](OC(=O)c2ccc(N3CCOCC3)c([N+](=O)[O-])c2)c2ccccc2)c1. The molecule has 0 aliphatic carbocycles. The van der Waals surface area contributed by atoms with Crippen LogP contribution in [-0.2, 0) is 14.3 Å². The molecule has 3 aromatic carbocycles. The van der Waals surface area contributed by atoms with Crippen molar-refractivity contribution in [1.82, 2.24) is 0 Å². The molecule has 186 valence electrons. The highest BCUT2D eigenvalue weighted by molar-refractivity contribution is 5.98. The van der Waals surface area contributed by atoms with Gasteiger partial charge in [0, 0.05) is 36.5 Å². The van der Waals surface area contributed by atoms with Gasteiger partial charge in [-0.05, 0) is 24.3 Å². The fraction of sp³-hybridized carbons (Fsp3) is 0.231. The van der Waals surface area contributed by atoms with Gasteiger partial charge < -0.3 is 24.4 Å². The van der Waals surface area contributed by atoms with E-state index in [-0.39, 0.29) is 11.3 Å². The normalized spacial score (nSPS) is 14.0. The summed E-state index contributed by atoms with van der Waals surface area (Å²) >= 11 is 0. The topological polar surface area (TPSA) is 120 Å². The van der Waals surface area contributed by atoms with E-state index in [0.29, 0.717) is 49.0 Å². The average Bonchev–Trinajstić information content (AvgIpc) is 2.92. The first-order chi connectivity index (χ1) is 17.5. The Morgan fingerprint density at radius 3 is 2.47 bits per heavy atom. The van der Waals surface area contributed by atoms with Crippen molar-refractivity contribution in [2.75, 3.05) is 43.6 Å². The number of carbonyl (C=O) groups excluding carboxylic acids is 2. The van der Waals surface area contributed by atoms with E-state index in [1.54, 1.807) is 54.6 Å². The summed E-state index contributed by atoms with van der Waals surface area (Å²) in [6, 6.07) is 19.5. The number of hydrogen-bond donors (Lipinski definition) is 1. The van der Waals surface area contributed by atoms with Crippen LogP contribution in [-0.4, -0.2) is 50.2 Å². The smallest absolute Gasteiger partial charge is 0.339 e. The zero-order chi connectivity index (χ0) is 25.5. The Hall–Kier alpha value is -4.44. The molecule has 1 atom stereocenters. The first kappa shape index (κ1) is 24.7. The van der Waals surface area contributed by atoms with Crippen LogP contribution in [0.4, 0.5) is 17.1 Å². The van der Waals surface area contributed by atoms with Gasteiger partial charge in [-0.15, -0.1) is 0 Å². The number of rotatable bonds is 8. The third kappa shape index (κ3) is 5.78. The minimum absolute atomic E-state index is 0.0335. The fourth-order valence-corrected chi connectivity index (χ4v) is 3.85. The predicted molar refractivity (Wildman–Crippen MR) is 132 cm³/mol. The standard InChI is InChI=1S/C26H25N3O7/c1-34-21-9-5-8-20(17-21)27-25(30)24(18-6-3-2-4-7-18)36-26(31)19-10-11-22(23(16-19)29(32)33)28-12-14-35-15-13-28/h2-11,16-17,24H,12-15H2,1H3,(H,27,30)/t24-/m1/s1. The predicted octanol–water partition coefficient (Wildman–Crippen LogP) is 3.98. The first-order valence-electron chi connectivity index (χ1n) is 11.3. The Labute approximate surface area is 207 Å². The van der Waals surface area contributed by atoms with Crippen LogP contribution in [0, 0.1) is 10.1 Å². The van der Waals surface area contributed by atoms with Gasteiger partial charge in [0.2, 0.25) is 6.10 Å². The summed E-state index contributed by atoms with van der Waals surface area (Å²) in [6.07, 6.45) is -1.29. The van der Waals surface area contributed by atoms with Crippen molar-refractivity contribution < 1.29 is 28.7 Å². The number of nitro benzene ring substituents is 1. The Bertz CT molecular complexity index is 1240. The summed E-state index contributed by atoms with van der Waals surface area (Å²) in [5.41, 5.74) is 1.06. The summed E-state index contributed by atoms with van der Waals surface area (Å²) in [6.45, 7) is 1.93. The molecule has 0 bridgehead atoms. The number of anilines is 2. The lowest BCUT2D eigenvalue weighted by molar-refractivity contribution is -0.384. The Balaban J connectivity index is 1.59. The van der Waals surface area contributed by atoms with Gasteiger partial charge in [-0.1, -0.05) is 36.4 Å². The lowest BCUT2D eigenvalue weighted by atomic mass is 10.1. The van der Waals surface area contributed by atoms with Crippen LogP contribution in [0.2, 0.25) is 0 Å². The average molecular weight is 492 g/mol. The number of amides is 1. The highest BCUT2D eigenvalue weighted by atomic mass is 16.6. The van der Waals surface area contributed by atoms with Crippen molar-refractivity contribution in [3.8, 4) is 5.75 Å². The van der Waals surface area contributed by atoms with Gasteiger partial charge in [0.1, 0.15) is 11.4 Å². The van der Waals surface area contributed by atoms with Gasteiger partial charge in [-0.3, -0.25) is 14.9 Å². The second-order valence-electron chi connectivity index (χ2n) is 7.98. The molecule has 1 aliphatic rings. The molecule has 1 saturated heterocycles. The molecule has 1 N–H and O–H groups in total. The maximum atomic E-state index is 13.2. The number of morpholine rings is 1. The lowest BCUT2D eigenvalue weighted by Gasteiger charge is -2.28. The molecule has 0 saturated carbocycles. The maximum Gasteiger partial charge on any atom is 0.339 e. The lowest BCUT2D eigenvalue weighted by Crippen LogP contribution is -2.36. The quantitative estimate of drug-likeness (QED) is 0.285. The first-order valence-corrected chi connectivity index (χ1v) is 11.3. The van der Waals surface area contributed by atoms with Crippen LogP contribution in [0.3, 0.4) is 0 Å². The molecule has 0 unspecified atom stereocenters. The zero-order valence-electron chi connectivity index (χ0n) is 19.6. The van der Waals surface area contributed by atoms with Crippen LogP contribution in [0.25, 0.3) is 0 Å². The molecule has 1 heterocycles. The molecule has 4 rings (SSSR count). The maximum absolute atomic E-state index is 13.2. The number of ether oxygens (including phenoxy) is 3.